The zero-order valence-electron chi connectivity index (χ0n) is 12.3. The topological polar surface area (TPSA) is 81.6 Å². The fourth-order valence-electron chi connectivity index (χ4n) is 1.90. The largest absolute Gasteiger partial charge is 0.493 e. The van der Waals surface area contributed by atoms with Crippen LogP contribution in [0.3, 0.4) is 0 Å². The second kappa shape index (κ2) is 7.56. The van der Waals surface area contributed by atoms with E-state index in [4.69, 9.17) is 15.0 Å². The first-order valence-corrected chi connectivity index (χ1v) is 6.89. The van der Waals surface area contributed by atoms with E-state index < -0.39 is 5.82 Å². The standard InChI is InChI=1S/C15H18FN3O3/c1-19(10-12-5-8-22-18-12)15(20)13-9-11(16)3-4-14(13)21-7-2-6-17/h3-5,8-9H,2,6-7,10,17H2,1H3. The molecule has 22 heavy (non-hydrogen) atoms. The number of amides is 1. The van der Waals surface area contributed by atoms with E-state index in [1.54, 1.807) is 13.1 Å². The Labute approximate surface area is 127 Å². The van der Waals surface area contributed by atoms with Crippen LogP contribution in [0.15, 0.2) is 35.1 Å². The van der Waals surface area contributed by atoms with Gasteiger partial charge in [-0.05, 0) is 31.2 Å². The molecule has 1 heterocycles. The molecular formula is C15H18FN3O3. The van der Waals surface area contributed by atoms with E-state index in [2.05, 4.69) is 5.16 Å². The molecule has 7 heteroatoms. The lowest BCUT2D eigenvalue weighted by molar-refractivity contribution is 0.0777. The first kappa shape index (κ1) is 16.0. The maximum Gasteiger partial charge on any atom is 0.257 e. The van der Waals surface area contributed by atoms with Crippen molar-refractivity contribution in [2.45, 2.75) is 13.0 Å². The van der Waals surface area contributed by atoms with Crippen molar-refractivity contribution in [1.82, 2.24) is 10.1 Å². The van der Waals surface area contributed by atoms with E-state index in [0.717, 1.165) is 0 Å². The monoisotopic (exact) mass is 307 g/mol. The minimum absolute atomic E-state index is 0.169. The molecule has 0 spiro atoms. The summed E-state index contributed by atoms with van der Waals surface area (Å²) in [5, 5.41) is 3.74. The van der Waals surface area contributed by atoms with E-state index in [1.165, 1.54) is 29.4 Å². The van der Waals surface area contributed by atoms with Crippen molar-refractivity contribution < 1.29 is 18.4 Å². The average molecular weight is 307 g/mol. The molecule has 0 saturated heterocycles. The second-order valence-electron chi connectivity index (χ2n) is 4.78. The highest BCUT2D eigenvalue weighted by atomic mass is 19.1. The van der Waals surface area contributed by atoms with Crippen LogP contribution in [0.25, 0.3) is 0 Å². The molecule has 2 rings (SSSR count). The number of hydrogen-bond acceptors (Lipinski definition) is 5. The van der Waals surface area contributed by atoms with Gasteiger partial charge in [-0.1, -0.05) is 5.16 Å². The lowest BCUT2D eigenvalue weighted by Crippen LogP contribution is -2.27. The van der Waals surface area contributed by atoms with Crippen LogP contribution in [0.5, 0.6) is 5.75 Å². The number of benzene rings is 1. The predicted molar refractivity (Wildman–Crippen MR) is 77.9 cm³/mol. The number of halogens is 1. The Morgan fingerprint density at radius 1 is 1.45 bits per heavy atom. The molecule has 118 valence electrons. The Morgan fingerprint density at radius 2 is 2.27 bits per heavy atom. The van der Waals surface area contributed by atoms with Crippen molar-refractivity contribution in [3.05, 3.63) is 47.6 Å². The highest BCUT2D eigenvalue weighted by molar-refractivity contribution is 5.96. The van der Waals surface area contributed by atoms with Crippen LogP contribution < -0.4 is 10.5 Å². The van der Waals surface area contributed by atoms with Gasteiger partial charge in [0.25, 0.3) is 5.91 Å². The summed E-state index contributed by atoms with van der Waals surface area (Å²) in [5.74, 6) is -0.513. The van der Waals surface area contributed by atoms with Gasteiger partial charge in [-0.25, -0.2) is 4.39 Å². The van der Waals surface area contributed by atoms with Crippen molar-refractivity contribution in [2.75, 3.05) is 20.2 Å². The van der Waals surface area contributed by atoms with Gasteiger partial charge < -0.3 is 19.9 Å². The minimum Gasteiger partial charge on any atom is -0.493 e. The van der Waals surface area contributed by atoms with Crippen molar-refractivity contribution in [1.29, 1.82) is 0 Å². The molecule has 0 aliphatic carbocycles. The van der Waals surface area contributed by atoms with E-state index in [-0.39, 0.29) is 18.0 Å². The number of ether oxygens (including phenoxy) is 1. The summed E-state index contributed by atoms with van der Waals surface area (Å²) in [5.41, 5.74) is 6.19. The van der Waals surface area contributed by atoms with Gasteiger partial charge in [0.1, 0.15) is 23.5 Å². The van der Waals surface area contributed by atoms with Gasteiger partial charge in [-0.2, -0.15) is 0 Å². The fraction of sp³-hybridized carbons (Fsp3) is 0.333. The van der Waals surface area contributed by atoms with Gasteiger partial charge >= 0.3 is 0 Å². The Bertz CT molecular complexity index is 617. The predicted octanol–water partition coefficient (Wildman–Crippen LogP) is 1.81. The van der Waals surface area contributed by atoms with E-state index in [1.807, 2.05) is 0 Å². The molecule has 0 aliphatic rings. The molecule has 0 saturated carbocycles. The van der Waals surface area contributed by atoms with Crippen LogP contribution in [-0.4, -0.2) is 36.2 Å². The Morgan fingerprint density at radius 3 is 2.95 bits per heavy atom. The molecule has 0 atom stereocenters. The normalized spacial score (nSPS) is 10.5. The zero-order chi connectivity index (χ0) is 15.9. The van der Waals surface area contributed by atoms with Crippen LogP contribution in [0.2, 0.25) is 0 Å². The lowest BCUT2D eigenvalue weighted by Gasteiger charge is -2.18. The van der Waals surface area contributed by atoms with Crippen LogP contribution >= 0.6 is 0 Å². The number of nitrogens with two attached hydrogens (primary N) is 1. The smallest absolute Gasteiger partial charge is 0.257 e. The molecule has 0 aliphatic heterocycles. The van der Waals surface area contributed by atoms with Gasteiger partial charge in [0, 0.05) is 13.1 Å². The number of nitrogens with zero attached hydrogens (tertiary/aromatic N) is 2. The first-order chi connectivity index (χ1) is 10.6. The van der Waals surface area contributed by atoms with Crippen LogP contribution in [0.4, 0.5) is 4.39 Å². The maximum atomic E-state index is 13.5. The van der Waals surface area contributed by atoms with Gasteiger partial charge in [0.15, 0.2) is 0 Å². The highest BCUT2D eigenvalue weighted by Gasteiger charge is 2.19. The SMILES string of the molecule is CN(Cc1ccon1)C(=O)c1cc(F)ccc1OCCCN. The summed E-state index contributed by atoms with van der Waals surface area (Å²) in [6, 6.07) is 5.53. The third kappa shape index (κ3) is 4.05. The molecule has 1 amide bonds. The molecule has 1 aromatic carbocycles. The van der Waals surface area contributed by atoms with E-state index in [0.29, 0.717) is 31.0 Å². The molecule has 0 bridgehead atoms. The summed E-state index contributed by atoms with van der Waals surface area (Å²) < 4.78 is 23.7. The third-order valence-electron chi connectivity index (χ3n) is 3.02. The fourth-order valence-corrected chi connectivity index (χ4v) is 1.90. The number of hydrogen-bond donors (Lipinski definition) is 1. The molecule has 6 nitrogen and oxygen atoms in total. The van der Waals surface area contributed by atoms with E-state index >= 15 is 0 Å². The van der Waals surface area contributed by atoms with Gasteiger partial charge in [0.2, 0.25) is 0 Å². The number of aromatic nitrogens is 1. The average Bonchev–Trinajstić information content (AvgIpc) is 3.01. The third-order valence-corrected chi connectivity index (χ3v) is 3.02. The Kier molecular flexibility index (Phi) is 5.48. The zero-order valence-corrected chi connectivity index (χ0v) is 12.3. The molecule has 0 radical (unpaired) electrons. The minimum atomic E-state index is -0.496. The van der Waals surface area contributed by atoms with Crippen LogP contribution in [0.1, 0.15) is 22.5 Å². The number of rotatable bonds is 7. The van der Waals surface area contributed by atoms with Crippen LogP contribution in [0, 0.1) is 5.82 Å². The molecule has 0 fully saturated rings. The first-order valence-electron chi connectivity index (χ1n) is 6.89. The molecule has 2 N–H and O–H groups in total. The van der Waals surface area contributed by atoms with Gasteiger partial charge in [0.05, 0.1) is 18.7 Å². The summed E-state index contributed by atoms with van der Waals surface area (Å²) in [4.78, 5) is 13.9. The quantitative estimate of drug-likeness (QED) is 0.789. The Hall–Kier alpha value is -2.41. The summed E-state index contributed by atoms with van der Waals surface area (Å²) in [7, 11) is 1.60. The van der Waals surface area contributed by atoms with Crippen molar-refractivity contribution in [3.63, 3.8) is 0 Å². The summed E-state index contributed by atoms with van der Waals surface area (Å²) in [6.45, 7) is 1.11. The van der Waals surface area contributed by atoms with Crippen molar-refractivity contribution in [2.24, 2.45) is 5.73 Å². The Balaban J connectivity index is 2.14. The summed E-state index contributed by atoms with van der Waals surface area (Å²) in [6.07, 6.45) is 2.08. The number of carbonyl (C=O) groups is 1. The van der Waals surface area contributed by atoms with Gasteiger partial charge in [-0.3, -0.25) is 4.79 Å². The molecule has 1 aromatic heterocycles. The second-order valence-corrected chi connectivity index (χ2v) is 4.78. The van der Waals surface area contributed by atoms with Crippen LogP contribution in [-0.2, 0) is 6.54 Å². The maximum absolute atomic E-state index is 13.5. The molecule has 2 aromatic rings. The van der Waals surface area contributed by atoms with Crippen molar-refractivity contribution in [3.8, 4) is 5.75 Å². The van der Waals surface area contributed by atoms with Crippen molar-refractivity contribution >= 4 is 5.91 Å². The van der Waals surface area contributed by atoms with E-state index in [9.17, 15) is 9.18 Å². The number of carbonyl (C=O) groups excluding carboxylic acids is 1. The molecule has 0 unspecified atom stereocenters. The van der Waals surface area contributed by atoms with Gasteiger partial charge in [-0.15, -0.1) is 0 Å². The molecular weight excluding hydrogens is 289 g/mol. The summed E-state index contributed by atoms with van der Waals surface area (Å²) >= 11 is 0. The lowest BCUT2D eigenvalue weighted by atomic mass is 10.1. The highest BCUT2D eigenvalue weighted by Crippen LogP contribution is 2.22.